The van der Waals surface area contributed by atoms with Crippen molar-refractivity contribution in [2.45, 2.75) is 58.2 Å². The second-order valence-corrected chi connectivity index (χ2v) is 5.95. The fourth-order valence-corrected chi connectivity index (χ4v) is 2.29. The van der Waals surface area contributed by atoms with Gasteiger partial charge in [0.1, 0.15) is 0 Å². The first-order valence-electron chi connectivity index (χ1n) is 7.68. The monoisotopic (exact) mass is 350 g/mol. The van der Waals surface area contributed by atoms with E-state index >= 15 is 0 Å². The van der Waals surface area contributed by atoms with Gasteiger partial charge in [-0.15, -0.1) is 0 Å². The molecule has 1 aromatic carbocycles. The minimum absolute atomic E-state index is 0.0582. The van der Waals surface area contributed by atoms with Gasteiger partial charge in [-0.3, -0.25) is 0 Å². The average Bonchev–Trinajstić information content (AvgIpc) is 2.44. The number of unbranched alkanes of at least 4 members (excludes halogenated alkanes) is 3. The fourth-order valence-electron chi connectivity index (χ4n) is 2.13. The van der Waals surface area contributed by atoms with Crippen molar-refractivity contribution in [2.75, 3.05) is 5.32 Å². The van der Waals surface area contributed by atoms with Crippen LogP contribution in [-0.2, 0) is 6.18 Å². The zero-order valence-corrected chi connectivity index (χ0v) is 14.0. The molecular weight excluding hydrogens is 329 g/mol. The zero-order chi connectivity index (χ0) is 17.5. The summed E-state index contributed by atoms with van der Waals surface area (Å²) in [4.78, 5) is 11.9. The van der Waals surface area contributed by atoms with Crippen LogP contribution in [0, 0.1) is 0 Å². The summed E-state index contributed by atoms with van der Waals surface area (Å²) in [6.07, 6.45) is 0.728. The van der Waals surface area contributed by atoms with E-state index in [-0.39, 0.29) is 16.8 Å². The second kappa shape index (κ2) is 9.01. The summed E-state index contributed by atoms with van der Waals surface area (Å²) in [6, 6.07) is 2.20. The Morgan fingerprint density at radius 2 is 1.96 bits per heavy atom. The molecule has 0 saturated heterocycles. The lowest BCUT2D eigenvalue weighted by atomic mass is 10.1. The number of nitrogens with one attached hydrogen (secondary N) is 2. The normalized spacial score (nSPS) is 12.8. The van der Waals surface area contributed by atoms with Crippen molar-refractivity contribution >= 4 is 23.3 Å². The van der Waals surface area contributed by atoms with Crippen LogP contribution in [0.5, 0.6) is 0 Å². The molecule has 0 spiro atoms. The van der Waals surface area contributed by atoms with Crippen LogP contribution < -0.4 is 10.6 Å². The quantitative estimate of drug-likeness (QED) is 0.596. The Bertz CT molecular complexity index is 521. The number of anilines is 1. The smallest absolute Gasteiger partial charge is 0.335 e. The third kappa shape index (κ3) is 7.12. The molecule has 0 aliphatic heterocycles. The molecule has 1 unspecified atom stereocenters. The Morgan fingerprint density at radius 1 is 1.26 bits per heavy atom. The Hall–Kier alpha value is -1.43. The summed E-state index contributed by atoms with van der Waals surface area (Å²) in [5, 5.41) is 5.13. The van der Waals surface area contributed by atoms with Crippen LogP contribution >= 0.6 is 11.6 Å². The summed E-state index contributed by atoms with van der Waals surface area (Å²) in [7, 11) is 0. The molecule has 0 heterocycles. The highest BCUT2D eigenvalue weighted by molar-refractivity contribution is 6.33. The van der Waals surface area contributed by atoms with E-state index in [1.165, 1.54) is 0 Å². The van der Waals surface area contributed by atoms with Crippen molar-refractivity contribution in [3.8, 4) is 0 Å². The van der Waals surface area contributed by atoms with Crippen molar-refractivity contribution < 1.29 is 18.0 Å². The number of alkyl halides is 3. The first-order chi connectivity index (χ1) is 10.7. The molecule has 1 atom stereocenters. The number of carbonyl (C=O) groups excluding carboxylic acids is 1. The predicted molar refractivity (Wildman–Crippen MR) is 86.8 cm³/mol. The van der Waals surface area contributed by atoms with Crippen molar-refractivity contribution in [2.24, 2.45) is 0 Å². The van der Waals surface area contributed by atoms with E-state index in [1.807, 2.05) is 6.92 Å². The highest BCUT2D eigenvalue weighted by atomic mass is 35.5. The largest absolute Gasteiger partial charge is 0.416 e. The van der Waals surface area contributed by atoms with Gasteiger partial charge >= 0.3 is 12.2 Å². The lowest BCUT2D eigenvalue weighted by Gasteiger charge is -2.16. The highest BCUT2D eigenvalue weighted by Crippen LogP contribution is 2.33. The molecule has 0 aliphatic rings. The van der Waals surface area contributed by atoms with Crippen molar-refractivity contribution in [1.82, 2.24) is 5.32 Å². The molecule has 0 saturated carbocycles. The SMILES string of the molecule is CCCCCCC(C)NC(=O)Nc1cc(C(F)(F)F)ccc1Cl. The molecule has 2 amide bonds. The molecule has 2 N–H and O–H groups in total. The number of benzene rings is 1. The fraction of sp³-hybridized carbons (Fsp3) is 0.562. The molecule has 1 aromatic rings. The van der Waals surface area contributed by atoms with Gasteiger partial charge in [-0.05, 0) is 31.5 Å². The lowest BCUT2D eigenvalue weighted by molar-refractivity contribution is -0.137. The lowest BCUT2D eigenvalue weighted by Crippen LogP contribution is -2.36. The maximum atomic E-state index is 12.7. The Morgan fingerprint density at radius 3 is 2.57 bits per heavy atom. The molecular formula is C16H22ClF3N2O. The molecule has 7 heteroatoms. The summed E-state index contributed by atoms with van der Waals surface area (Å²) >= 11 is 5.84. The number of amides is 2. The maximum absolute atomic E-state index is 12.7. The first-order valence-corrected chi connectivity index (χ1v) is 8.06. The van der Waals surface area contributed by atoms with E-state index in [0.29, 0.717) is 0 Å². The van der Waals surface area contributed by atoms with E-state index in [4.69, 9.17) is 11.6 Å². The standard InChI is InChI=1S/C16H22ClF3N2O/c1-3-4-5-6-7-11(2)21-15(23)22-14-10-12(16(18,19)20)8-9-13(14)17/h8-11H,3-7H2,1-2H3,(H2,21,22,23). The van der Waals surface area contributed by atoms with Crippen molar-refractivity contribution in [3.63, 3.8) is 0 Å². The van der Waals surface area contributed by atoms with Gasteiger partial charge in [0.05, 0.1) is 16.3 Å². The van der Waals surface area contributed by atoms with E-state index in [2.05, 4.69) is 17.6 Å². The van der Waals surface area contributed by atoms with Crippen LogP contribution in [0.4, 0.5) is 23.7 Å². The van der Waals surface area contributed by atoms with Gasteiger partial charge in [-0.25, -0.2) is 4.79 Å². The zero-order valence-electron chi connectivity index (χ0n) is 13.3. The van der Waals surface area contributed by atoms with Gasteiger partial charge in [0.15, 0.2) is 0 Å². The van der Waals surface area contributed by atoms with Crippen molar-refractivity contribution in [3.05, 3.63) is 28.8 Å². The molecule has 0 fully saturated rings. The maximum Gasteiger partial charge on any atom is 0.416 e. The predicted octanol–water partition coefficient (Wildman–Crippen LogP) is 5.84. The van der Waals surface area contributed by atoms with Crippen LogP contribution in [0.3, 0.4) is 0 Å². The number of halogens is 4. The summed E-state index contributed by atoms with van der Waals surface area (Å²) in [5.41, 5.74) is -0.915. The summed E-state index contributed by atoms with van der Waals surface area (Å²) < 4.78 is 38.0. The van der Waals surface area contributed by atoms with Gasteiger partial charge in [0.25, 0.3) is 0 Å². The highest BCUT2D eigenvalue weighted by Gasteiger charge is 2.31. The minimum atomic E-state index is -4.48. The van der Waals surface area contributed by atoms with E-state index in [1.54, 1.807) is 0 Å². The second-order valence-electron chi connectivity index (χ2n) is 5.54. The van der Waals surface area contributed by atoms with Crippen molar-refractivity contribution in [1.29, 1.82) is 0 Å². The third-order valence-corrected chi connectivity index (χ3v) is 3.74. The number of hydrogen-bond donors (Lipinski definition) is 2. The molecule has 0 bridgehead atoms. The van der Waals surface area contributed by atoms with Gasteiger partial charge in [-0.2, -0.15) is 13.2 Å². The van der Waals surface area contributed by atoms with Crippen LogP contribution in [0.25, 0.3) is 0 Å². The first kappa shape index (κ1) is 19.6. The van der Waals surface area contributed by atoms with E-state index in [0.717, 1.165) is 50.3 Å². The number of urea groups is 1. The summed E-state index contributed by atoms with van der Waals surface area (Å²) in [5.74, 6) is 0. The van der Waals surface area contributed by atoms with Crippen LogP contribution in [0.1, 0.15) is 51.5 Å². The minimum Gasteiger partial charge on any atom is -0.335 e. The molecule has 1 rings (SSSR count). The molecule has 0 aromatic heterocycles. The van der Waals surface area contributed by atoms with Gasteiger partial charge in [0, 0.05) is 6.04 Å². The Kier molecular flexibility index (Phi) is 7.68. The molecule has 3 nitrogen and oxygen atoms in total. The van der Waals surface area contributed by atoms with Crippen LogP contribution in [0.2, 0.25) is 5.02 Å². The van der Waals surface area contributed by atoms with Crippen LogP contribution in [-0.4, -0.2) is 12.1 Å². The number of hydrogen-bond acceptors (Lipinski definition) is 1. The van der Waals surface area contributed by atoms with Crippen LogP contribution in [0.15, 0.2) is 18.2 Å². The van der Waals surface area contributed by atoms with Gasteiger partial charge in [0.2, 0.25) is 0 Å². The number of rotatable bonds is 7. The topological polar surface area (TPSA) is 41.1 Å². The summed E-state index contributed by atoms with van der Waals surface area (Å²) in [6.45, 7) is 3.98. The molecule has 23 heavy (non-hydrogen) atoms. The van der Waals surface area contributed by atoms with Gasteiger partial charge in [-0.1, -0.05) is 44.2 Å². The van der Waals surface area contributed by atoms with E-state index < -0.39 is 17.8 Å². The molecule has 0 radical (unpaired) electrons. The third-order valence-electron chi connectivity index (χ3n) is 3.41. The van der Waals surface area contributed by atoms with E-state index in [9.17, 15) is 18.0 Å². The number of carbonyl (C=O) groups is 1. The molecule has 0 aliphatic carbocycles. The Balaban J connectivity index is 2.57. The van der Waals surface area contributed by atoms with Gasteiger partial charge < -0.3 is 10.6 Å². The average molecular weight is 351 g/mol. The molecule has 130 valence electrons. The Labute approximate surface area is 139 Å².